The molecule has 1 N–H and O–H groups in total. The average molecular weight is 337 g/mol. The van der Waals surface area contributed by atoms with Gasteiger partial charge in [0.25, 0.3) is 0 Å². The second-order valence-electron chi connectivity index (χ2n) is 3.27. The van der Waals surface area contributed by atoms with Gasteiger partial charge >= 0.3 is 0 Å². The third-order valence-electron chi connectivity index (χ3n) is 1.89. The molecule has 1 aromatic carbocycles. The molecule has 0 aromatic heterocycles. The van der Waals surface area contributed by atoms with Gasteiger partial charge in [-0.1, -0.05) is 6.92 Å². The fourth-order valence-corrected chi connectivity index (χ4v) is 2.77. The van der Waals surface area contributed by atoms with Crippen molar-refractivity contribution in [2.45, 2.75) is 19.9 Å². The van der Waals surface area contributed by atoms with Gasteiger partial charge in [0.2, 0.25) is 0 Å². The van der Waals surface area contributed by atoms with Crippen LogP contribution in [0.2, 0.25) is 0 Å². The highest BCUT2D eigenvalue weighted by atomic mass is 79.9. The van der Waals surface area contributed by atoms with Crippen molar-refractivity contribution in [3.8, 4) is 5.75 Å². The maximum atomic E-state index is 5.64. The molecule has 0 aliphatic rings. The van der Waals surface area contributed by atoms with Gasteiger partial charge in [-0.05, 0) is 63.0 Å². The van der Waals surface area contributed by atoms with E-state index in [4.69, 9.17) is 4.74 Å². The number of hydrogen-bond acceptors (Lipinski definition) is 2. The van der Waals surface area contributed by atoms with Gasteiger partial charge in [0.05, 0.1) is 15.6 Å². The number of ether oxygens (including phenoxy) is 1. The Balaban J connectivity index is 2.88. The summed E-state index contributed by atoms with van der Waals surface area (Å²) in [6.07, 6.45) is 1.01. The Morgan fingerprint density at radius 2 is 1.87 bits per heavy atom. The third kappa shape index (κ3) is 3.78. The maximum absolute atomic E-state index is 5.64. The monoisotopic (exact) mass is 335 g/mol. The molecule has 0 aliphatic heterocycles. The first-order chi connectivity index (χ1) is 7.19. The lowest BCUT2D eigenvalue weighted by Gasteiger charge is -2.11. The number of nitrogens with one attached hydrogen (secondary N) is 1. The van der Waals surface area contributed by atoms with Gasteiger partial charge < -0.3 is 10.1 Å². The fourth-order valence-electron chi connectivity index (χ4n) is 1.26. The first-order valence-corrected chi connectivity index (χ1v) is 6.53. The predicted octanol–water partition coefficient (Wildman–Crippen LogP) is 3.72. The van der Waals surface area contributed by atoms with Crippen molar-refractivity contribution in [2.75, 3.05) is 13.7 Å². The molecule has 0 unspecified atom stereocenters. The summed E-state index contributed by atoms with van der Waals surface area (Å²) < 4.78 is 7.63. The largest absolute Gasteiger partial charge is 0.491 e. The molecular formula is C11H15Br2NO. The summed E-state index contributed by atoms with van der Waals surface area (Å²) in [6.45, 7) is 3.69. The van der Waals surface area contributed by atoms with Crippen LogP contribution in [0, 0.1) is 0 Å². The van der Waals surface area contributed by atoms with Crippen LogP contribution >= 0.6 is 31.9 Å². The zero-order chi connectivity index (χ0) is 11.3. The maximum Gasteiger partial charge on any atom is 0.147 e. The zero-order valence-corrected chi connectivity index (χ0v) is 12.1. The van der Waals surface area contributed by atoms with Crippen molar-refractivity contribution in [1.82, 2.24) is 5.32 Å². The van der Waals surface area contributed by atoms with Crippen molar-refractivity contribution < 1.29 is 4.74 Å². The Kier molecular flexibility index (Phi) is 5.64. The lowest BCUT2D eigenvalue weighted by molar-refractivity contribution is 0.313. The Morgan fingerprint density at radius 1 is 1.27 bits per heavy atom. The summed E-state index contributed by atoms with van der Waals surface area (Å²) in [5.41, 5.74) is 1.22. The Labute approximate surface area is 108 Å². The van der Waals surface area contributed by atoms with Gasteiger partial charge in [-0.2, -0.15) is 0 Å². The Hall–Kier alpha value is -0.0600. The standard InChI is InChI=1S/C11H15Br2NO/c1-3-4-15-11-9(12)5-8(7-14-2)6-10(11)13/h5-6,14H,3-4,7H2,1-2H3. The van der Waals surface area contributed by atoms with E-state index < -0.39 is 0 Å². The average Bonchev–Trinajstić information content (AvgIpc) is 2.17. The van der Waals surface area contributed by atoms with Crippen molar-refractivity contribution in [3.63, 3.8) is 0 Å². The molecule has 1 aromatic rings. The van der Waals surface area contributed by atoms with Crippen LogP contribution in [-0.4, -0.2) is 13.7 Å². The first kappa shape index (κ1) is 13.0. The highest BCUT2D eigenvalue weighted by Gasteiger charge is 2.08. The van der Waals surface area contributed by atoms with Gasteiger partial charge in [0, 0.05) is 6.54 Å². The van der Waals surface area contributed by atoms with Crippen LogP contribution < -0.4 is 10.1 Å². The first-order valence-electron chi connectivity index (χ1n) is 4.94. The SMILES string of the molecule is CCCOc1c(Br)cc(CNC)cc1Br. The molecule has 0 heterocycles. The number of halogens is 2. The quantitative estimate of drug-likeness (QED) is 0.884. The van der Waals surface area contributed by atoms with Crippen LogP contribution in [0.5, 0.6) is 5.75 Å². The van der Waals surface area contributed by atoms with E-state index in [1.165, 1.54) is 5.56 Å². The van der Waals surface area contributed by atoms with E-state index >= 15 is 0 Å². The van der Waals surface area contributed by atoms with E-state index in [0.717, 1.165) is 34.3 Å². The normalized spacial score (nSPS) is 10.4. The van der Waals surface area contributed by atoms with Crippen LogP contribution in [0.1, 0.15) is 18.9 Å². The molecule has 0 spiro atoms. The fraction of sp³-hybridized carbons (Fsp3) is 0.455. The van der Waals surface area contributed by atoms with Crippen molar-refractivity contribution in [1.29, 1.82) is 0 Å². The third-order valence-corrected chi connectivity index (χ3v) is 3.07. The summed E-state index contributed by atoms with van der Waals surface area (Å²) in [4.78, 5) is 0. The molecule has 0 atom stereocenters. The highest BCUT2D eigenvalue weighted by molar-refractivity contribution is 9.11. The van der Waals surface area contributed by atoms with Crippen molar-refractivity contribution in [3.05, 3.63) is 26.6 Å². The van der Waals surface area contributed by atoms with Gasteiger partial charge in [-0.3, -0.25) is 0 Å². The van der Waals surface area contributed by atoms with E-state index in [9.17, 15) is 0 Å². The highest BCUT2D eigenvalue weighted by Crippen LogP contribution is 2.34. The molecule has 0 radical (unpaired) electrons. The van der Waals surface area contributed by atoms with E-state index in [-0.39, 0.29) is 0 Å². The molecule has 84 valence electrons. The number of benzene rings is 1. The van der Waals surface area contributed by atoms with E-state index in [0.29, 0.717) is 0 Å². The molecule has 0 aliphatic carbocycles. The molecule has 0 saturated carbocycles. The van der Waals surface area contributed by atoms with Gasteiger partial charge in [0.1, 0.15) is 5.75 Å². The van der Waals surface area contributed by atoms with Crippen molar-refractivity contribution in [2.24, 2.45) is 0 Å². The summed E-state index contributed by atoms with van der Waals surface area (Å²) in [7, 11) is 1.93. The van der Waals surface area contributed by atoms with Crippen LogP contribution in [0.4, 0.5) is 0 Å². The van der Waals surface area contributed by atoms with E-state index in [1.54, 1.807) is 0 Å². The number of rotatable bonds is 5. The van der Waals surface area contributed by atoms with E-state index in [1.807, 2.05) is 7.05 Å². The van der Waals surface area contributed by atoms with Gasteiger partial charge in [-0.25, -0.2) is 0 Å². The topological polar surface area (TPSA) is 21.3 Å². The Bertz CT molecular complexity index is 305. The van der Waals surface area contributed by atoms with Crippen LogP contribution in [0.25, 0.3) is 0 Å². The lowest BCUT2D eigenvalue weighted by atomic mass is 10.2. The van der Waals surface area contributed by atoms with Crippen molar-refractivity contribution >= 4 is 31.9 Å². The van der Waals surface area contributed by atoms with E-state index in [2.05, 4.69) is 56.2 Å². The molecule has 2 nitrogen and oxygen atoms in total. The van der Waals surface area contributed by atoms with Crippen LogP contribution in [0.3, 0.4) is 0 Å². The lowest BCUT2D eigenvalue weighted by Crippen LogP contribution is -2.05. The van der Waals surface area contributed by atoms with Crippen LogP contribution in [-0.2, 0) is 6.54 Å². The molecule has 15 heavy (non-hydrogen) atoms. The van der Waals surface area contributed by atoms with Gasteiger partial charge in [-0.15, -0.1) is 0 Å². The Morgan fingerprint density at radius 3 is 2.33 bits per heavy atom. The minimum Gasteiger partial charge on any atom is -0.491 e. The zero-order valence-electron chi connectivity index (χ0n) is 8.94. The summed E-state index contributed by atoms with van der Waals surface area (Å²) >= 11 is 7.03. The molecule has 4 heteroatoms. The van der Waals surface area contributed by atoms with Crippen LogP contribution in [0.15, 0.2) is 21.1 Å². The smallest absolute Gasteiger partial charge is 0.147 e. The second kappa shape index (κ2) is 6.51. The number of hydrogen-bond donors (Lipinski definition) is 1. The predicted molar refractivity (Wildman–Crippen MR) is 70.4 cm³/mol. The van der Waals surface area contributed by atoms with Gasteiger partial charge in [0.15, 0.2) is 0 Å². The minimum absolute atomic E-state index is 0.739. The summed E-state index contributed by atoms with van der Waals surface area (Å²) in [6, 6.07) is 4.15. The molecule has 0 fully saturated rings. The summed E-state index contributed by atoms with van der Waals surface area (Å²) in [5.74, 6) is 0.886. The molecule has 0 bridgehead atoms. The second-order valence-corrected chi connectivity index (χ2v) is 4.98. The molecular weight excluding hydrogens is 322 g/mol. The summed E-state index contributed by atoms with van der Waals surface area (Å²) in [5, 5.41) is 3.12. The minimum atomic E-state index is 0.739. The molecule has 1 rings (SSSR count). The molecule has 0 amide bonds. The molecule has 0 saturated heterocycles.